The summed E-state index contributed by atoms with van der Waals surface area (Å²) in [6, 6.07) is -1.61. The van der Waals surface area contributed by atoms with Crippen LogP contribution < -0.4 is 16.1 Å². The summed E-state index contributed by atoms with van der Waals surface area (Å²) in [5, 5.41) is 14.3. The summed E-state index contributed by atoms with van der Waals surface area (Å²) in [5.41, 5.74) is 1.33. The molecule has 0 unspecified atom stereocenters. The molecule has 0 aromatic heterocycles. The summed E-state index contributed by atoms with van der Waals surface area (Å²) in [4.78, 5) is 38.1. The van der Waals surface area contributed by atoms with Crippen molar-refractivity contribution in [3.8, 4) is 0 Å². The second kappa shape index (κ2) is 15.5. The summed E-state index contributed by atoms with van der Waals surface area (Å²) in [7, 11) is 5.07. The number of nitrogens with one attached hydrogen (secondary N) is 3. The molecule has 2 atom stereocenters. The van der Waals surface area contributed by atoms with E-state index in [1.165, 1.54) is 0 Å². The van der Waals surface area contributed by atoms with Gasteiger partial charge in [-0.2, -0.15) is 5.48 Å². The van der Waals surface area contributed by atoms with Gasteiger partial charge in [-0.05, 0) is 57.7 Å². The molecule has 0 rings (SSSR count). The topological polar surface area (TPSA) is 111 Å². The number of hydrogen-bond acceptors (Lipinski definition) is 6. The Balaban J connectivity index is 4.78. The van der Waals surface area contributed by atoms with Crippen LogP contribution in [0.1, 0.15) is 59.8 Å². The molecular formula is C19H37BN4O4. The summed E-state index contributed by atoms with van der Waals surface area (Å²) in [6.07, 6.45) is 4.29. The SMILES string of the molecule is [B]C(=O)CNC(=O)[C@H](CCCCN(CCC)CCC)NC(=O)[C@@H](NO)C(C)C. The molecule has 0 fully saturated rings. The van der Waals surface area contributed by atoms with E-state index in [2.05, 4.69) is 29.4 Å². The molecular weight excluding hydrogens is 359 g/mol. The van der Waals surface area contributed by atoms with Gasteiger partial charge in [0.25, 0.3) is 0 Å². The molecule has 4 N–H and O–H groups in total. The first kappa shape index (κ1) is 26.6. The average molecular weight is 396 g/mol. The largest absolute Gasteiger partial charge is 0.348 e. The van der Waals surface area contributed by atoms with E-state index in [1.807, 2.05) is 5.48 Å². The Labute approximate surface area is 170 Å². The van der Waals surface area contributed by atoms with Crippen LogP contribution in [0.25, 0.3) is 0 Å². The monoisotopic (exact) mass is 396 g/mol. The molecule has 0 aromatic rings. The molecule has 0 bridgehead atoms. The lowest BCUT2D eigenvalue weighted by molar-refractivity contribution is -0.132. The van der Waals surface area contributed by atoms with Gasteiger partial charge in [-0.15, -0.1) is 0 Å². The fourth-order valence-electron chi connectivity index (χ4n) is 2.99. The molecule has 0 aromatic carbocycles. The molecule has 0 saturated carbocycles. The number of hydroxylamine groups is 1. The third-order valence-corrected chi connectivity index (χ3v) is 4.45. The van der Waals surface area contributed by atoms with E-state index in [-0.39, 0.29) is 12.5 Å². The van der Waals surface area contributed by atoms with Gasteiger partial charge in [0.15, 0.2) is 7.85 Å². The molecule has 2 radical (unpaired) electrons. The van der Waals surface area contributed by atoms with Crippen molar-refractivity contribution in [3.63, 3.8) is 0 Å². The average Bonchev–Trinajstić information content (AvgIpc) is 2.62. The van der Waals surface area contributed by atoms with Gasteiger partial charge in [-0.3, -0.25) is 9.59 Å². The van der Waals surface area contributed by atoms with Crippen molar-refractivity contribution in [2.45, 2.75) is 71.9 Å². The van der Waals surface area contributed by atoms with Crippen molar-refractivity contribution >= 4 is 25.3 Å². The van der Waals surface area contributed by atoms with Crippen LogP contribution in [0.2, 0.25) is 0 Å². The number of carbonyl (C=O) groups is 3. The van der Waals surface area contributed by atoms with E-state index < -0.39 is 29.6 Å². The Morgan fingerprint density at radius 2 is 1.61 bits per heavy atom. The van der Waals surface area contributed by atoms with Gasteiger partial charge >= 0.3 is 0 Å². The number of rotatable bonds is 16. The molecule has 0 heterocycles. The Morgan fingerprint density at radius 1 is 1.00 bits per heavy atom. The van der Waals surface area contributed by atoms with Gasteiger partial charge in [0, 0.05) is 0 Å². The number of nitrogens with zero attached hydrogens (tertiary/aromatic N) is 1. The van der Waals surface area contributed by atoms with Crippen LogP contribution in [-0.4, -0.2) is 73.7 Å². The molecule has 0 spiro atoms. The van der Waals surface area contributed by atoms with Gasteiger partial charge in [-0.25, -0.2) is 0 Å². The van der Waals surface area contributed by atoms with E-state index in [0.717, 1.165) is 45.3 Å². The quantitative estimate of drug-likeness (QED) is 0.173. The van der Waals surface area contributed by atoms with Crippen LogP contribution >= 0.6 is 0 Å². The van der Waals surface area contributed by atoms with Gasteiger partial charge in [-0.1, -0.05) is 27.7 Å². The zero-order valence-electron chi connectivity index (χ0n) is 17.8. The molecule has 9 heteroatoms. The van der Waals surface area contributed by atoms with E-state index in [4.69, 9.17) is 7.85 Å². The first-order valence-corrected chi connectivity index (χ1v) is 10.2. The van der Waals surface area contributed by atoms with E-state index in [1.54, 1.807) is 13.8 Å². The van der Waals surface area contributed by atoms with Crippen molar-refractivity contribution < 1.29 is 19.6 Å². The molecule has 0 aliphatic carbocycles. The van der Waals surface area contributed by atoms with E-state index >= 15 is 0 Å². The maximum absolute atomic E-state index is 12.4. The number of carbonyl (C=O) groups excluding carboxylic acids is 3. The van der Waals surface area contributed by atoms with Crippen LogP contribution in [-0.2, 0) is 14.4 Å². The normalized spacial score (nSPS) is 13.4. The van der Waals surface area contributed by atoms with Crippen molar-refractivity contribution in [2.75, 3.05) is 26.2 Å². The highest BCUT2D eigenvalue weighted by atomic mass is 16.5. The lowest BCUT2D eigenvalue weighted by Gasteiger charge is -2.24. The Morgan fingerprint density at radius 3 is 2.07 bits per heavy atom. The lowest BCUT2D eigenvalue weighted by Crippen LogP contribution is -2.54. The van der Waals surface area contributed by atoms with E-state index in [0.29, 0.717) is 6.42 Å². The van der Waals surface area contributed by atoms with Crippen LogP contribution in [0, 0.1) is 5.92 Å². The van der Waals surface area contributed by atoms with Crippen LogP contribution in [0.15, 0.2) is 0 Å². The lowest BCUT2D eigenvalue weighted by atomic mass is 10.0. The molecule has 8 nitrogen and oxygen atoms in total. The number of hydrogen-bond donors (Lipinski definition) is 4. The zero-order chi connectivity index (χ0) is 21.5. The predicted molar refractivity (Wildman–Crippen MR) is 110 cm³/mol. The smallest absolute Gasteiger partial charge is 0.242 e. The Kier molecular flexibility index (Phi) is 14.7. The minimum atomic E-state index is -0.823. The summed E-state index contributed by atoms with van der Waals surface area (Å²) in [6.45, 7) is 10.6. The maximum Gasteiger partial charge on any atom is 0.242 e. The van der Waals surface area contributed by atoms with Gasteiger partial charge < -0.3 is 25.5 Å². The van der Waals surface area contributed by atoms with Crippen molar-refractivity contribution in [3.05, 3.63) is 0 Å². The fraction of sp³-hybridized carbons (Fsp3) is 0.842. The van der Waals surface area contributed by atoms with Gasteiger partial charge in [0.2, 0.25) is 11.8 Å². The Bertz CT molecular complexity index is 471. The van der Waals surface area contributed by atoms with Crippen molar-refractivity contribution in [1.29, 1.82) is 0 Å². The first-order chi connectivity index (χ1) is 13.3. The molecule has 0 aliphatic rings. The zero-order valence-corrected chi connectivity index (χ0v) is 17.8. The third-order valence-electron chi connectivity index (χ3n) is 4.45. The minimum absolute atomic E-state index is 0.157. The molecule has 0 saturated heterocycles. The second-order valence-electron chi connectivity index (χ2n) is 7.43. The second-order valence-corrected chi connectivity index (χ2v) is 7.43. The van der Waals surface area contributed by atoms with E-state index in [9.17, 15) is 19.6 Å². The van der Waals surface area contributed by atoms with Crippen LogP contribution in [0.5, 0.6) is 0 Å². The molecule has 28 heavy (non-hydrogen) atoms. The number of unbranched alkanes of at least 4 members (excludes halogenated alkanes) is 1. The van der Waals surface area contributed by atoms with Gasteiger partial charge in [0.1, 0.15) is 12.1 Å². The standard InChI is InChI=1S/C19H37BN4O4/c1-5-10-24(11-6-2)12-8-7-9-15(18(26)21-13-16(20)25)22-19(27)17(23-28)14(3)4/h14-15,17,23,28H,5-13H2,1-4H3,(H,21,26)(H,22,27)/t15-,17-/m0/s1. The summed E-state index contributed by atoms with van der Waals surface area (Å²) < 4.78 is 0. The molecule has 0 aliphatic heterocycles. The Hall–Kier alpha value is -1.45. The van der Waals surface area contributed by atoms with Gasteiger partial charge in [0.05, 0.1) is 12.2 Å². The molecule has 2 amide bonds. The highest BCUT2D eigenvalue weighted by Gasteiger charge is 2.27. The van der Waals surface area contributed by atoms with Crippen molar-refractivity contribution in [2.24, 2.45) is 5.92 Å². The minimum Gasteiger partial charge on any atom is -0.348 e. The predicted octanol–water partition coefficient (Wildman–Crippen LogP) is 0.578. The highest BCUT2D eigenvalue weighted by molar-refractivity contribution is 6.58. The number of amides is 2. The van der Waals surface area contributed by atoms with Crippen molar-refractivity contribution in [1.82, 2.24) is 21.0 Å². The maximum atomic E-state index is 12.4. The first-order valence-electron chi connectivity index (χ1n) is 10.2. The third kappa shape index (κ3) is 11.4. The van der Waals surface area contributed by atoms with Crippen LogP contribution in [0.4, 0.5) is 0 Å². The molecule has 160 valence electrons. The fourth-order valence-corrected chi connectivity index (χ4v) is 2.99. The summed E-state index contributed by atoms with van der Waals surface area (Å²) >= 11 is 0. The highest BCUT2D eigenvalue weighted by Crippen LogP contribution is 2.07. The van der Waals surface area contributed by atoms with Crippen LogP contribution in [0.3, 0.4) is 0 Å². The summed E-state index contributed by atoms with van der Waals surface area (Å²) in [5.74, 6) is -1.07.